The minimum Gasteiger partial charge on any atom is -0.349 e. The fraction of sp³-hybridized carbons (Fsp3) is 0.500. The van der Waals surface area contributed by atoms with Gasteiger partial charge < -0.3 is 11.1 Å². The van der Waals surface area contributed by atoms with Gasteiger partial charge in [0.1, 0.15) is 0 Å². The molecule has 1 atom stereocenters. The van der Waals surface area contributed by atoms with Gasteiger partial charge in [0.25, 0.3) is 5.91 Å². The summed E-state index contributed by atoms with van der Waals surface area (Å²) >= 11 is 0. The van der Waals surface area contributed by atoms with E-state index in [0.29, 0.717) is 12.1 Å². The molecule has 1 rings (SSSR count). The van der Waals surface area contributed by atoms with Crippen molar-refractivity contribution in [1.82, 2.24) is 5.32 Å². The van der Waals surface area contributed by atoms with Gasteiger partial charge in [0.2, 0.25) is 0 Å². The van der Waals surface area contributed by atoms with Crippen LogP contribution in [0.25, 0.3) is 0 Å². The number of nitrogens with two attached hydrogens (primary N) is 1. The number of hydrogen-bond acceptors (Lipinski definition) is 2. The highest BCUT2D eigenvalue weighted by Crippen LogP contribution is 2.18. The molecule has 3 heteroatoms. The van der Waals surface area contributed by atoms with Crippen LogP contribution < -0.4 is 11.1 Å². The van der Waals surface area contributed by atoms with Gasteiger partial charge in [0.05, 0.1) is 0 Å². The first kappa shape index (κ1) is 13.7. The van der Waals surface area contributed by atoms with Crippen LogP contribution >= 0.6 is 0 Å². The second-order valence-corrected chi connectivity index (χ2v) is 5.46. The summed E-state index contributed by atoms with van der Waals surface area (Å²) < 4.78 is 0. The lowest BCUT2D eigenvalue weighted by Crippen LogP contribution is -2.41. The lowest BCUT2D eigenvalue weighted by Gasteiger charge is -2.28. The van der Waals surface area contributed by atoms with Crippen LogP contribution in [0.1, 0.15) is 43.6 Å². The molecule has 0 aliphatic heterocycles. The van der Waals surface area contributed by atoms with Gasteiger partial charge in [0.15, 0.2) is 0 Å². The monoisotopic (exact) mass is 234 g/mol. The molecule has 0 saturated carbocycles. The molecule has 1 aromatic carbocycles. The summed E-state index contributed by atoms with van der Waals surface area (Å²) in [5.41, 5.74) is 7.29. The van der Waals surface area contributed by atoms with Crippen molar-refractivity contribution in [2.75, 3.05) is 0 Å². The Morgan fingerprint density at radius 3 is 2.24 bits per heavy atom. The van der Waals surface area contributed by atoms with E-state index in [-0.39, 0.29) is 17.4 Å². The summed E-state index contributed by atoms with van der Waals surface area (Å²) in [4.78, 5) is 12.0. The molecule has 3 nitrogen and oxygen atoms in total. The van der Waals surface area contributed by atoms with E-state index in [1.54, 1.807) is 0 Å². The molecule has 0 aliphatic rings. The van der Waals surface area contributed by atoms with Gasteiger partial charge >= 0.3 is 0 Å². The van der Waals surface area contributed by atoms with Crippen molar-refractivity contribution in [3.8, 4) is 0 Å². The fourth-order valence-electron chi connectivity index (χ4n) is 1.29. The highest BCUT2D eigenvalue weighted by Gasteiger charge is 2.21. The first-order valence-electron chi connectivity index (χ1n) is 5.94. The Balaban J connectivity index is 2.70. The molecule has 0 radical (unpaired) electrons. The second-order valence-electron chi connectivity index (χ2n) is 5.46. The Bertz CT molecular complexity index is 376. The molecule has 0 fully saturated rings. The summed E-state index contributed by atoms with van der Waals surface area (Å²) in [5, 5.41) is 3.00. The van der Waals surface area contributed by atoms with Crippen molar-refractivity contribution in [2.45, 2.75) is 40.3 Å². The minimum atomic E-state index is -0.0315. The maximum Gasteiger partial charge on any atom is 0.251 e. The van der Waals surface area contributed by atoms with E-state index < -0.39 is 0 Å². The quantitative estimate of drug-likeness (QED) is 0.843. The molecule has 1 aromatic rings. The van der Waals surface area contributed by atoms with Gasteiger partial charge in [-0.25, -0.2) is 0 Å². The first-order chi connectivity index (χ1) is 7.84. The van der Waals surface area contributed by atoms with Crippen molar-refractivity contribution in [1.29, 1.82) is 0 Å². The molecule has 0 spiro atoms. The molecule has 1 unspecified atom stereocenters. The van der Waals surface area contributed by atoms with Crippen LogP contribution in [0.15, 0.2) is 24.3 Å². The van der Waals surface area contributed by atoms with E-state index >= 15 is 0 Å². The third-order valence-corrected chi connectivity index (χ3v) is 3.10. The maximum atomic E-state index is 12.0. The number of hydrogen-bond donors (Lipinski definition) is 2. The summed E-state index contributed by atoms with van der Waals surface area (Å²) in [7, 11) is 0. The van der Waals surface area contributed by atoms with Gasteiger partial charge in [-0.2, -0.15) is 0 Å². The number of carbonyl (C=O) groups is 1. The van der Waals surface area contributed by atoms with Crippen molar-refractivity contribution in [2.24, 2.45) is 11.1 Å². The number of amides is 1. The third-order valence-electron chi connectivity index (χ3n) is 3.10. The van der Waals surface area contributed by atoms with E-state index in [1.165, 1.54) is 0 Å². The van der Waals surface area contributed by atoms with E-state index in [9.17, 15) is 4.79 Å². The van der Waals surface area contributed by atoms with Crippen LogP contribution in [-0.4, -0.2) is 11.9 Å². The smallest absolute Gasteiger partial charge is 0.251 e. The van der Waals surface area contributed by atoms with E-state index in [2.05, 4.69) is 26.1 Å². The summed E-state index contributed by atoms with van der Waals surface area (Å²) in [5.74, 6) is -0.0315. The zero-order chi connectivity index (χ0) is 13.1. The van der Waals surface area contributed by atoms with Gasteiger partial charge in [-0.05, 0) is 30.0 Å². The predicted molar refractivity (Wildman–Crippen MR) is 70.7 cm³/mol. The Labute approximate surface area is 103 Å². The SMILES string of the molecule is CC(NC(=O)c1ccc(CN)cc1)C(C)(C)C. The molecule has 1 amide bonds. The lowest BCUT2D eigenvalue weighted by molar-refractivity contribution is 0.0910. The van der Waals surface area contributed by atoms with Crippen LogP contribution in [0, 0.1) is 5.41 Å². The normalized spacial score (nSPS) is 13.2. The van der Waals surface area contributed by atoms with E-state index in [4.69, 9.17) is 5.73 Å². The van der Waals surface area contributed by atoms with Crippen LogP contribution in [0.4, 0.5) is 0 Å². The molecular weight excluding hydrogens is 212 g/mol. The third kappa shape index (κ3) is 3.86. The summed E-state index contributed by atoms with van der Waals surface area (Å²) in [6, 6.07) is 7.52. The van der Waals surface area contributed by atoms with E-state index in [1.807, 2.05) is 31.2 Å². The number of carbonyl (C=O) groups excluding carboxylic acids is 1. The molecule has 94 valence electrons. The predicted octanol–water partition coefficient (Wildman–Crippen LogP) is 2.31. The largest absolute Gasteiger partial charge is 0.349 e. The zero-order valence-electron chi connectivity index (χ0n) is 11.1. The molecule has 0 aromatic heterocycles. The van der Waals surface area contributed by atoms with Crippen molar-refractivity contribution in [3.63, 3.8) is 0 Å². The van der Waals surface area contributed by atoms with Crippen LogP contribution in [0.3, 0.4) is 0 Å². The Morgan fingerprint density at radius 2 is 1.82 bits per heavy atom. The van der Waals surface area contributed by atoms with Gasteiger partial charge in [0, 0.05) is 18.2 Å². The molecule has 17 heavy (non-hydrogen) atoms. The zero-order valence-corrected chi connectivity index (χ0v) is 11.1. The highest BCUT2D eigenvalue weighted by molar-refractivity contribution is 5.94. The van der Waals surface area contributed by atoms with Gasteiger partial charge in [-0.3, -0.25) is 4.79 Å². The molecular formula is C14H22N2O. The Kier molecular flexibility index (Phi) is 4.29. The molecule has 0 aliphatic carbocycles. The lowest BCUT2D eigenvalue weighted by atomic mass is 9.88. The molecule has 0 heterocycles. The number of rotatable bonds is 3. The topological polar surface area (TPSA) is 55.1 Å². The highest BCUT2D eigenvalue weighted by atomic mass is 16.1. The molecule has 0 saturated heterocycles. The Morgan fingerprint density at radius 1 is 1.29 bits per heavy atom. The van der Waals surface area contributed by atoms with Crippen LogP contribution in [-0.2, 0) is 6.54 Å². The Hall–Kier alpha value is -1.35. The van der Waals surface area contributed by atoms with E-state index in [0.717, 1.165) is 5.56 Å². The number of benzene rings is 1. The summed E-state index contributed by atoms with van der Waals surface area (Å²) in [6.45, 7) is 8.84. The standard InChI is InChI=1S/C14H22N2O/c1-10(14(2,3)4)16-13(17)12-7-5-11(9-15)6-8-12/h5-8,10H,9,15H2,1-4H3,(H,16,17). The van der Waals surface area contributed by atoms with Crippen molar-refractivity contribution < 1.29 is 4.79 Å². The van der Waals surface area contributed by atoms with Crippen LogP contribution in [0.2, 0.25) is 0 Å². The van der Waals surface area contributed by atoms with Gasteiger partial charge in [-0.15, -0.1) is 0 Å². The first-order valence-corrected chi connectivity index (χ1v) is 5.94. The number of nitrogens with one attached hydrogen (secondary N) is 1. The fourth-order valence-corrected chi connectivity index (χ4v) is 1.29. The minimum absolute atomic E-state index is 0.0315. The molecule has 0 bridgehead atoms. The average molecular weight is 234 g/mol. The van der Waals surface area contributed by atoms with Crippen molar-refractivity contribution in [3.05, 3.63) is 35.4 Å². The van der Waals surface area contributed by atoms with Crippen molar-refractivity contribution >= 4 is 5.91 Å². The van der Waals surface area contributed by atoms with Crippen LogP contribution in [0.5, 0.6) is 0 Å². The molecule has 3 N–H and O–H groups in total. The summed E-state index contributed by atoms with van der Waals surface area (Å²) in [6.07, 6.45) is 0. The van der Waals surface area contributed by atoms with Gasteiger partial charge in [-0.1, -0.05) is 32.9 Å². The average Bonchev–Trinajstić information content (AvgIpc) is 2.27. The second kappa shape index (κ2) is 5.32. The maximum absolute atomic E-state index is 12.0.